The van der Waals surface area contributed by atoms with Crippen molar-refractivity contribution in [2.24, 2.45) is 11.3 Å². The van der Waals surface area contributed by atoms with Crippen LogP contribution in [0.4, 0.5) is 0 Å². The zero-order valence-electron chi connectivity index (χ0n) is 13.5. The molecule has 1 fully saturated rings. The number of aromatic amines is 2. The summed E-state index contributed by atoms with van der Waals surface area (Å²) in [6.07, 6.45) is 8.35. The topological polar surface area (TPSA) is 100 Å². The van der Waals surface area contributed by atoms with Crippen molar-refractivity contribution in [3.63, 3.8) is 0 Å². The van der Waals surface area contributed by atoms with Crippen molar-refractivity contribution in [1.82, 2.24) is 30.8 Å². The van der Waals surface area contributed by atoms with Crippen LogP contribution in [0.15, 0.2) is 23.5 Å². The van der Waals surface area contributed by atoms with Crippen molar-refractivity contribution in [2.45, 2.75) is 33.6 Å². The first-order chi connectivity index (χ1) is 10.9. The first-order valence-electron chi connectivity index (χ1n) is 7.61. The van der Waals surface area contributed by atoms with Crippen molar-refractivity contribution < 1.29 is 4.79 Å². The summed E-state index contributed by atoms with van der Waals surface area (Å²) < 4.78 is 0. The second kappa shape index (κ2) is 5.91. The quantitative estimate of drug-likeness (QED) is 0.829. The highest BCUT2D eigenvalue weighted by molar-refractivity contribution is 6.13. The molecular weight excluding hydrogens is 292 g/mol. The maximum Gasteiger partial charge on any atom is 0.185 e. The summed E-state index contributed by atoms with van der Waals surface area (Å²) in [5, 5.41) is 20.8. The third-order valence-electron chi connectivity index (χ3n) is 4.25. The van der Waals surface area contributed by atoms with E-state index in [4.69, 9.17) is 0 Å². The molecule has 23 heavy (non-hydrogen) atoms. The van der Waals surface area contributed by atoms with Gasteiger partial charge in [0.05, 0.1) is 12.4 Å². The van der Waals surface area contributed by atoms with Gasteiger partial charge in [-0.2, -0.15) is 30.8 Å². The summed E-state index contributed by atoms with van der Waals surface area (Å²) in [5.74, 6) is 0.424. The van der Waals surface area contributed by atoms with E-state index in [9.17, 15) is 4.79 Å². The van der Waals surface area contributed by atoms with Gasteiger partial charge in [0.1, 0.15) is 11.4 Å². The van der Waals surface area contributed by atoms with Crippen molar-refractivity contribution in [1.29, 1.82) is 0 Å². The number of Topliss-reactive ketones (excluding diaryl/α,β-unsaturated/α-hetero) is 1. The fourth-order valence-electron chi connectivity index (χ4n) is 2.77. The first-order valence-corrected chi connectivity index (χ1v) is 7.61. The van der Waals surface area contributed by atoms with Gasteiger partial charge in [0.2, 0.25) is 0 Å². The number of carbonyl (C=O) groups excluding carboxylic acids is 1. The number of ketones is 1. The van der Waals surface area contributed by atoms with Gasteiger partial charge in [-0.1, -0.05) is 20.8 Å². The van der Waals surface area contributed by atoms with Crippen LogP contribution in [0.2, 0.25) is 0 Å². The SMILES string of the molecule is CC(C)(C)C1CC(=Cc2cn[nH]n2)C(=O)C(=Cc2cn[nH]n2)C1. The molecule has 0 atom stereocenters. The van der Waals surface area contributed by atoms with Crippen LogP contribution in [-0.2, 0) is 4.79 Å². The Kier molecular flexibility index (Phi) is 3.94. The van der Waals surface area contributed by atoms with Crippen LogP contribution in [-0.4, -0.2) is 36.6 Å². The zero-order valence-corrected chi connectivity index (χ0v) is 13.5. The molecule has 0 bridgehead atoms. The molecule has 7 nitrogen and oxygen atoms in total. The Morgan fingerprint density at radius 1 is 1.00 bits per heavy atom. The first kappa shape index (κ1) is 15.3. The molecule has 2 aromatic rings. The van der Waals surface area contributed by atoms with Crippen LogP contribution in [0.5, 0.6) is 0 Å². The van der Waals surface area contributed by atoms with Gasteiger partial charge in [-0.05, 0) is 36.3 Å². The molecule has 120 valence electrons. The minimum Gasteiger partial charge on any atom is -0.289 e. The normalized spacial score (nSPS) is 22.9. The molecule has 0 amide bonds. The molecule has 0 aliphatic heterocycles. The maximum absolute atomic E-state index is 12.8. The van der Waals surface area contributed by atoms with Crippen molar-refractivity contribution in [2.75, 3.05) is 0 Å². The Hall–Kier alpha value is -2.57. The van der Waals surface area contributed by atoms with Crippen LogP contribution >= 0.6 is 0 Å². The highest BCUT2D eigenvalue weighted by Gasteiger charge is 2.34. The molecule has 2 aromatic heterocycles. The third-order valence-corrected chi connectivity index (χ3v) is 4.25. The van der Waals surface area contributed by atoms with Gasteiger partial charge in [0.25, 0.3) is 0 Å². The van der Waals surface area contributed by atoms with Gasteiger partial charge in [-0.15, -0.1) is 0 Å². The van der Waals surface area contributed by atoms with Crippen LogP contribution in [0, 0.1) is 11.3 Å². The van der Waals surface area contributed by atoms with Crippen LogP contribution in [0.3, 0.4) is 0 Å². The molecule has 2 N–H and O–H groups in total. The number of aromatic nitrogens is 6. The van der Waals surface area contributed by atoms with Crippen LogP contribution in [0.1, 0.15) is 45.0 Å². The lowest BCUT2D eigenvalue weighted by Crippen LogP contribution is -2.29. The Morgan fingerprint density at radius 2 is 1.48 bits per heavy atom. The molecule has 3 rings (SSSR count). The van der Waals surface area contributed by atoms with E-state index < -0.39 is 0 Å². The standard InChI is InChI=1S/C16H20N6O/c1-16(2,3)12-4-10(6-13-8-17-21-19-13)15(23)11(5-12)7-14-9-18-22-20-14/h6-9,12H,4-5H2,1-3H3,(H,17,19,21)(H,18,20,22). The monoisotopic (exact) mass is 312 g/mol. The summed E-state index contributed by atoms with van der Waals surface area (Å²) in [4.78, 5) is 12.8. The lowest BCUT2D eigenvalue weighted by atomic mass is 9.68. The maximum atomic E-state index is 12.8. The fraction of sp³-hybridized carbons (Fsp3) is 0.438. The molecule has 0 saturated heterocycles. The van der Waals surface area contributed by atoms with Crippen molar-refractivity contribution in [3.05, 3.63) is 34.9 Å². The van der Waals surface area contributed by atoms with Crippen molar-refractivity contribution >= 4 is 17.9 Å². The Balaban J connectivity index is 1.98. The fourth-order valence-corrected chi connectivity index (χ4v) is 2.77. The summed E-state index contributed by atoms with van der Waals surface area (Å²) >= 11 is 0. The molecule has 2 heterocycles. The molecule has 0 spiro atoms. The highest BCUT2D eigenvalue weighted by Crippen LogP contribution is 2.41. The predicted octanol–water partition coefficient (Wildman–Crippen LogP) is 2.42. The molecule has 1 saturated carbocycles. The van der Waals surface area contributed by atoms with Crippen LogP contribution < -0.4 is 0 Å². The lowest BCUT2D eigenvalue weighted by molar-refractivity contribution is -0.113. The average Bonchev–Trinajstić information content (AvgIpc) is 3.15. The van der Waals surface area contributed by atoms with E-state index >= 15 is 0 Å². The second-order valence-corrected chi connectivity index (χ2v) is 6.93. The lowest BCUT2D eigenvalue weighted by Gasteiger charge is -2.35. The molecule has 0 unspecified atom stereocenters. The Labute approximate surface area is 134 Å². The van der Waals surface area contributed by atoms with Gasteiger partial charge in [0.15, 0.2) is 5.78 Å². The third kappa shape index (κ3) is 3.44. The molecular formula is C16H20N6O. The zero-order chi connectivity index (χ0) is 16.4. The highest BCUT2D eigenvalue weighted by atomic mass is 16.1. The van der Waals surface area contributed by atoms with E-state index in [1.165, 1.54) is 0 Å². The van der Waals surface area contributed by atoms with Gasteiger partial charge in [-0.25, -0.2) is 0 Å². The summed E-state index contributed by atoms with van der Waals surface area (Å²) in [6, 6.07) is 0. The van der Waals surface area contributed by atoms with Gasteiger partial charge in [0, 0.05) is 11.1 Å². The van der Waals surface area contributed by atoms with E-state index in [0.29, 0.717) is 17.3 Å². The minimum absolute atomic E-state index is 0.0523. The van der Waals surface area contributed by atoms with Crippen LogP contribution in [0.25, 0.3) is 12.2 Å². The van der Waals surface area contributed by atoms with Gasteiger partial charge in [-0.3, -0.25) is 4.79 Å². The van der Waals surface area contributed by atoms with E-state index in [1.807, 2.05) is 12.2 Å². The van der Waals surface area contributed by atoms with Crippen molar-refractivity contribution in [3.8, 4) is 0 Å². The number of hydrogen-bond acceptors (Lipinski definition) is 5. The predicted molar refractivity (Wildman–Crippen MR) is 85.9 cm³/mol. The second-order valence-electron chi connectivity index (χ2n) is 6.93. The molecule has 1 aliphatic rings. The smallest absolute Gasteiger partial charge is 0.185 e. The van der Waals surface area contributed by atoms with Gasteiger partial charge < -0.3 is 0 Å². The summed E-state index contributed by atoms with van der Waals surface area (Å²) in [7, 11) is 0. The number of rotatable bonds is 2. The van der Waals surface area contributed by atoms with E-state index in [0.717, 1.165) is 24.0 Å². The van der Waals surface area contributed by atoms with E-state index in [-0.39, 0.29) is 11.2 Å². The largest absolute Gasteiger partial charge is 0.289 e. The number of allylic oxidation sites excluding steroid dienone is 2. The Morgan fingerprint density at radius 3 is 1.83 bits per heavy atom. The summed E-state index contributed by atoms with van der Waals surface area (Å²) in [5.41, 5.74) is 2.97. The van der Waals surface area contributed by atoms with E-state index in [1.54, 1.807) is 12.4 Å². The molecule has 1 aliphatic carbocycles. The average molecular weight is 312 g/mol. The number of nitrogens with zero attached hydrogens (tertiary/aromatic N) is 4. The number of hydrogen-bond donors (Lipinski definition) is 2. The Bertz CT molecular complexity index is 678. The van der Waals surface area contributed by atoms with Gasteiger partial charge >= 0.3 is 0 Å². The summed E-state index contributed by atoms with van der Waals surface area (Å²) in [6.45, 7) is 6.61. The van der Waals surface area contributed by atoms with E-state index in [2.05, 4.69) is 51.6 Å². The number of carbonyl (C=O) groups is 1. The number of H-pyrrole nitrogens is 2. The molecule has 0 aromatic carbocycles. The minimum atomic E-state index is 0.0523. The number of nitrogens with one attached hydrogen (secondary N) is 2. The molecule has 0 radical (unpaired) electrons. The molecule has 7 heteroatoms.